The van der Waals surface area contributed by atoms with Crippen LogP contribution in [0.5, 0.6) is 0 Å². The van der Waals surface area contributed by atoms with Crippen LogP contribution in [0.4, 0.5) is 0 Å². The van der Waals surface area contributed by atoms with Crippen molar-refractivity contribution in [3.63, 3.8) is 0 Å². The van der Waals surface area contributed by atoms with Gasteiger partial charge in [0.1, 0.15) is 0 Å². The minimum Gasteiger partial charge on any atom is -0.354 e. The van der Waals surface area contributed by atoms with Gasteiger partial charge in [0.25, 0.3) is 0 Å². The molecule has 82 valence electrons. The van der Waals surface area contributed by atoms with E-state index in [9.17, 15) is 4.79 Å². The van der Waals surface area contributed by atoms with Gasteiger partial charge in [0, 0.05) is 11.0 Å². The molecule has 15 heavy (non-hydrogen) atoms. The Balaban J connectivity index is 2.32. The topological polar surface area (TPSA) is 55.1 Å². The van der Waals surface area contributed by atoms with E-state index in [0.29, 0.717) is 6.54 Å². The van der Waals surface area contributed by atoms with Gasteiger partial charge in [-0.2, -0.15) is 0 Å². The summed E-state index contributed by atoms with van der Waals surface area (Å²) in [6.45, 7) is 2.30. The molecule has 3 N–H and O–H groups in total. The molecule has 0 fully saturated rings. The summed E-state index contributed by atoms with van der Waals surface area (Å²) in [5, 5.41) is 2.77. The number of rotatable bonds is 4. The first-order valence-corrected chi connectivity index (χ1v) is 5.66. The predicted molar refractivity (Wildman–Crippen MR) is 64.5 cm³/mol. The Hall–Kier alpha value is -0.870. The van der Waals surface area contributed by atoms with Crippen molar-refractivity contribution in [1.82, 2.24) is 5.32 Å². The van der Waals surface area contributed by atoms with Gasteiger partial charge >= 0.3 is 0 Å². The van der Waals surface area contributed by atoms with Crippen molar-refractivity contribution in [3.05, 3.63) is 34.3 Å². The molecule has 0 aliphatic heterocycles. The third-order valence-electron chi connectivity index (χ3n) is 2.04. The highest BCUT2D eigenvalue weighted by Gasteiger charge is 2.05. The van der Waals surface area contributed by atoms with Gasteiger partial charge < -0.3 is 11.1 Å². The third-order valence-corrected chi connectivity index (χ3v) is 2.57. The average molecular weight is 271 g/mol. The van der Waals surface area contributed by atoms with E-state index in [0.717, 1.165) is 10.9 Å². The Bertz CT molecular complexity index is 322. The summed E-state index contributed by atoms with van der Waals surface area (Å²) in [5.74, 6) is -0.105. The zero-order valence-corrected chi connectivity index (χ0v) is 10.3. The molecular weight excluding hydrogens is 256 g/mol. The molecule has 0 aliphatic rings. The number of benzene rings is 1. The fourth-order valence-electron chi connectivity index (χ4n) is 1.14. The minimum absolute atomic E-state index is 0.105. The molecular formula is C11H15BrN2O. The van der Waals surface area contributed by atoms with Crippen LogP contribution < -0.4 is 11.1 Å². The molecule has 1 atom stereocenters. The molecule has 1 rings (SSSR count). The maximum atomic E-state index is 11.1. The van der Waals surface area contributed by atoms with E-state index < -0.39 is 6.04 Å². The molecule has 0 radical (unpaired) electrons. The Morgan fingerprint density at radius 1 is 1.47 bits per heavy atom. The second-order valence-electron chi connectivity index (χ2n) is 3.46. The molecule has 1 aromatic carbocycles. The Morgan fingerprint density at radius 2 is 2.07 bits per heavy atom. The summed E-state index contributed by atoms with van der Waals surface area (Å²) >= 11 is 3.37. The zero-order chi connectivity index (χ0) is 11.3. The highest BCUT2D eigenvalue weighted by molar-refractivity contribution is 9.10. The molecule has 4 heteroatoms. The molecule has 1 aromatic rings. The summed E-state index contributed by atoms with van der Waals surface area (Å²) in [6, 6.07) is 7.60. The van der Waals surface area contributed by atoms with Crippen LogP contribution in [0.25, 0.3) is 0 Å². The summed E-state index contributed by atoms with van der Waals surface area (Å²) < 4.78 is 1.06. The van der Waals surface area contributed by atoms with E-state index in [1.165, 1.54) is 5.56 Å². The molecule has 0 aliphatic carbocycles. The standard InChI is InChI=1S/C11H15BrN2O/c1-8(13)11(15)14-7-6-9-2-4-10(12)5-3-9/h2-5,8H,6-7,13H2,1H3,(H,14,15). The van der Waals surface area contributed by atoms with Crippen molar-refractivity contribution in [3.8, 4) is 0 Å². The normalized spacial score (nSPS) is 12.2. The van der Waals surface area contributed by atoms with Crippen molar-refractivity contribution >= 4 is 21.8 Å². The number of nitrogens with one attached hydrogen (secondary N) is 1. The lowest BCUT2D eigenvalue weighted by atomic mass is 10.1. The molecule has 1 unspecified atom stereocenters. The minimum atomic E-state index is -0.435. The molecule has 3 nitrogen and oxygen atoms in total. The van der Waals surface area contributed by atoms with Crippen molar-refractivity contribution in [2.24, 2.45) is 5.73 Å². The second-order valence-corrected chi connectivity index (χ2v) is 4.37. The fourth-order valence-corrected chi connectivity index (χ4v) is 1.41. The Labute approximate surface area is 98.2 Å². The van der Waals surface area contributed by atoms with Crippen LogP contribution in [0.2, 0.25) is 0 Å². The van der Waals surface area contributed by atoms with Gasteiger partial charge in [0.15, 0.2) is 0 Å². The van der Waals surface area contributed by atoms with Crippen LogP contribution in [0.1, 0.15) is 12.5 Å². The van der Waals surface area contributed by atoms with Gasteiger partial charge in [-0.05, 0) is 31.0 Å². The van der Waals surface area contributed by atoms with Gasteiger partial charge in [-0.25, -0.2) is 0 Å². The Morgan fingerprint density at radius 3 is 2.60 bits per heavy atom. The van der Waals surface area contributed by atoms with Crippen LogP contribution in [0.15, 0.2) is 28.7 Å². The maximum absolute atomic E-state index is 11.1. The van der Waals surface area contributed by atoms with Crippen molar-refractivity contribution in [2.45, 2.75) is 19.4 Å². The zero-order valence-electron chi connectivity index (χ0n) is 8.66. The number of hydrogen-bond acceptors (Lipinski definition) is 2. The summed E-state index contributed by atoms with van der Waals surface area (Å²) in [7, 11) is 0. The van der Waals surface area contributed by atoms with E-state index in [4.69, 9.17) is 5.73 Å². The quantitative estimate of drug-likeness (QED) is 0.871. The van der Waals surface area contributed by atoms with E-state index in [1.54, 1.807) is 6.92 Å². The van der Waals surface area contributed by atoms with Gasteiger partial charge in [-0.1, -0.05) is 28.1 Å². The first kappa shape index (κ1) is 12.2. The first-order valence-electron chi connectivity index (χ1n) is 4.87. The lowest BCUT2D eigenvalue weighted by Crippen LogP contribution is -2.39. The second kappa shape index (κ2) is 5.88. The summed E-state index contributed by atoms with van der Waals surface area (Å²) in [5.41, 5.74) is 6.61. The molecule has 1 amide bonds. The number of halogens is 1. The lowest BCUT2D eigenvalue weighted by Gasteiger charge is -2.07. The predicted octanol–water partition coefficient (Wildman–Crippen LogP) is 1.46. The number of nitrogens with two attached hydrogens (primary N) is 1. The molecule has 0 heterocycles. The van der Waals surface area contributed by atoms with Crippen molar-refractivity contribution in [2.75, 3.05) is 6.54 Å². The van der Waals surface area contributed by atoms with Crippen LogP contribution >= 0.6 is 15.9 Å². The summed E-state index contributed by atoms with van der Waals surface area (Å²) in [4.78, 5) is 11.1. The first-order chi connectivity index (χ1) is 7.09. The molecule has 0 bridgehead atoms. The smallest absolute Gasteiger partial charge is 0.236 e. The monoisotopic (exact) mass is 270 g/mol. The molecule has 0 aromatic heterocycles. The van der Waals surface area contributed by atoms with E-state index in [1.807, 2.05) is 24.3 Å². The Kier molecular flexibility index (Phi) is 4.78. The van der Waals surface area contributed by atoms with Crippen molar-refractivity contribution < 1.29 is 4.79 Å². The fraction of sp³-hybridized carbons (Fsp3) is 0.364. The van der Waals surface area contributed by atoms with E-state index >= 15 is 0 Å². The highest BCUT2D eigenvalue weighted by atomic mass is 79.9. The highest BCUT2D eigenvalue weighted by Crippen LogP contribution is 2.10. The van der Waals surface area contributed by atoms with Crippen LogP contribution in [-0.2, 0) is 11.2 Å². The largest absolute Gasteiger partial charge is 0.354 e. The van der Waals surface area contributed by atoms with Gasteiger partial charge in [0.2, 0.25) is 5.91 Å². The number of hydrogen-bond donors (Lipinski definition) is 2. The lowest BCUT2D eigenvalue weighted by molar-refractivity contribution is -0.121. The maximum Gasteiger partial charge on any atom is 0.236 e. The van der Waals surface area contributed by atoms with Crippen LogP contribution in [0, 0.1) is 0 Å². The molecule has 0 saturated carbocycles. The van der Waals surface area contributed by atoms with E-state index in [2.05, 4.69) is 21.2 Å². The third kappa shape index (κ3) is 4.44. The van der Waals surface area contributed by atoms with Gasteiger partial charge in [0.05, 0.1) is 6.04 Å². The van der Waals surface area contributed by atoms with Gasteiger partial charge in [-0.15, -0.1) is 0 Å². The van der Waals surface area contributed by atoms with Crippen LogP contribution in [-0.4, -0.2) is 18.5 Å². The van der Waals surface area contributed by atoms with E-state index in [-0.39, 0.29) is 5.91 Å². The molecule has 0 saturated heterocycles. The van der Waals surface area contributed by atoms with Crippen LogP contribution in [0.3, 0.4) is 0 Å². The average Bonchev–Trinajstić information content (AvgIpc) is 2.20. The van der Waals surface area contributed by atoms with Gasteiger partial charge in [-0.3, -0.25) is 4.79 Å². The number of carbonyl (C=O) groups is 1. The SMILES string of the molecule is CC(N)C(=O)NCCc1ccc(Br)cc1. The molecule has 0 spiro atoms. The number of carbonyl (C=O) groups excluding carboxylic acids is 1. The summed E-state index contributed by atoms with van der Waals surface area (Å²) in [6.07, 6.45) is 0.825. The number of amides is 1. The van der Waals surface area contributed by atoms with Crippen molar-refractivity contribution in [1.29, 1.82) is 0 Å².